The Morgan fingerprint density at radius 3 is 2.79 bits per heavy atom. The zero-order valence-corrected chi connectivity index (χ0v) is 9.07. The second kappa shape index (κ2) is 4.26. The molecule has 0 fully saturated rings. The van der Waals surface area contributed by atoms with Crippen LogP contribution < -0.4 is 0 Å². The third kappa shape index (κ3) is 1.95. The van der Waals surface area contributed by atoms with Gasteiger partial charge in [0, 0.05) is 7.05 Å². The third-order valence-electron chi connectivity index (χ3n) is 1.98. The molecule has 1 heterocycles. The number of carbonyl (C=O) groups excluding carboxylic acids is 1. The predicted octanol–water partition coefficient (Wildman–Crippen LogP) is 1.72. The summed E-state index contributed by atoms with van der Waals surface area (Å²) in [5.74, 6) is -0.0631. The van der Waals surface area contributed by atoms with Gasteiger partial charge in [0.25, 0.3) is 0 Å². The molecule has 0 unspecified atom stereocenters. The molecular formula is C10H16N2O2. The lowest BCUT2D eigenvalue weighted by Crippen LogP contribution is -2.12. The second-order valence-corrected chi connectivity index (χ2v) is 3.46. The molecule has 14 heavy (non-hydrogen) atoms. The molecule has 0 aliphatic rings. The molecule has 0 aliphatic heterocycles. The summed E-state index contributed by atoms with van der Waals surface area (Å²) in [5.41, 5.74) is 1.35. The monoisotopic (exact) mass is 196 g/mol. The predicted molar refractivity (Wildman–Crippen MR) is 53.3 cm³/mol. The molecule has 78 valence electrons. The molecule has 0 aliphatic carbocycles. The highest BCUT2D eigenvalue weighted by Crippen LogP contribution is 2.17. The molecule has 1 aromatic heterocycles. The van der Waals surface area contributed by atoms with Gasteiger partial charge in [-0.2, -0.15) is 0 Å². The van der Waals surface area contributed by atoms with Crippen LogP contribution in [0.2, 0.25) is 0 Å². The summed E-state index contributed by atoms with van der Waals surface area (Å²) in [5, 5.41) is 0. The molecular weight excluding hydrogens is 180 g/mol. The molecule has 4 nitrogen and oxygen atoms in total. The van der Waals surface area contributed by atoms with Crippen LogP contribution in [0.3, 0.4) is 0 Å². The zero-order chi connectivity index (χ0) is 10.7. The van der Waals surface area contributed by atoms with Crippen LogP contribution in [0.4, 0.5) is 0 Å². The van der Waals surface area contributed by atoms with Crippen LogP contribution in [0.25, 0.3) is 0 Å². The average Bonchev–Trinajstić information content (AvgIpc) is 2.47. The number of carbonyl (C=O) groups is 1. The van der Waals surface area contributed by atoms with E-state index in [0.29, 0.717) is 12.3 Å². The highest BCUT2D eigenvalue weighted by Gasteiger charge is 2.19. The van der Waals surface area contributed by atoms with Crippen molar-refractivity contribution in [2.75, 3.05) is 6.61 Å². The van der Waals surface area contributed by atoms with Gasteiger partial charge >= 0.3 is 5.97 Å². The van der Waals surface area contributed by atoms with Crippen LogP contribution in [0.1, 0.15) is 42.9 Å². The minimum absolute atomic E-state index is 0.232. The van der Waals surface area contributed by atoms with Gasteiger partial charge < -0.3 is 9.30 Å². The van der Waals surface area contributed by atoms with Crippen LogP contribution >= 0.6 is 0 Å². The van der Waals surface area contributed by atoms with Crippen molar-refractivity contribution in [1.82, 2.24) is 9.55 Å². The van der Waals surface area contributed by atoms with Gasteiger partial charge in [-0.05, 0) is 12.8 Å². The maximum atomic E-state index is 11.6. The SMILES string of the molecule is CCOC(=O)c1c(C(C)C)ncn1C. The van der Waals surface area contributed by atoms with E-state index in [9.17, 15) is 4.79 Å². The minimum Gasteiger partial charge on any atom is -0.461 e. The van der Waals surface area contributed by atoms with Crippen molar-refractivity contribution in [2.45, 2.75) is 26.7 Å². The van der Waals surface area contributed by atoms with E-state index < -0.39 is 0 Å². The lowest BCUT2D eigenvalue weighted by atomic mass is 10.1. The first-order valence-electron chi connectivity index (χ1n) is 4.76. The minimum atomic E-state index is -0.295. The number of aryl methyl sites for hydroxylation is 1. The Hall–Kier alpha value is -1.32. The Kier molecular flexibility index (Phi) is 3.28. The normalized spacial score (nSPS) is 10.6. The fourth-order valence-corrected chi connectivity index (χ4v) is 1.32. The summed E-state index contributed by atoms with van der Waals surface area (Å²) in [6.45, 7) is 6.20. The smallest absolute Gasteiger partial charge is 0.356 e. The molecule has 0 N–H and O–H groups in total. The van der Waals surface area contributed by atoms with Crippen LogP contribution in [0.5, 0.6) is 0 Å². The van der Waals surface area contributed by atoms with Crippen molar-refractivity contribution in [3.8, 4) is 0 Å². The van der Waals surface area contributed by atoms with Gasteiger partial charge in [-0.1, -0.05) is 13.8 Å². The number of ether oxygens (including phenoxy) is 1. The average molecular weight is 196 g/mol. The standard InChI is InChI=1S/C10H16N2O2/c1-5-14-10(13)9-8(7(2)3)11-6-12(9)4/h6-7H,5H2,1-4H3. The topological polar surface area (TPSA) is 44.1 Å². The first kappa shape index (κ1) is 10.8. The van der Waals surface area contributed by atoms with Crippen molar-refractivity contribution in [3.05, 3.63) is 17.7 Å². The number of aromatic nitrogens is 2. The number of rotatable bonds is 3. The first-order chi connectivity index (χ1) is 6.57. The van der Waals surface area contributed by atoms with Gasteiger partial charge in [-0.3, -0.25) is 0 Å². The van der Waals surface area contributed by atoms with Crippen molar-refractivity contribution in [1.29, 1.82) is 0 Å². The summed E-state index contributed by atoms with van der Waals surface area (Å²) >= 11 is 0. The molecule has 0 bridgehead atoms. The maximum Gasteiger partial charge on any atom is 0.356 e. The Balaban J connectivity index is 3.04. The van der Waals surface area contributed by atoms with Crippen molar-refractivity contribution in [3.63, 3.8) is 0 Å². The zero-order valence-electron chi connectivity index (χ0n) is 9.07. The lowest BCUT2D eigenvalue weighted by molar-refractivity contribution is 0.0513. The van der Waals surface area contributed by atoms with Gasteiger partial charge in [-0.15, -0.1) is 0 Å². The molecule has 0 amide bonds. The quantitative estimate of drug-likeness (QED) is 0.691. The number of esters is 1. The molecule has 0 radical (unpaired) electrons. The molecule has 0 saturated heterocycles. The van der Waals surface area contributed by atoms with Gasteiger partial charge in [-0.25, -0.2) is 9.78 Å². The molecule has 0 spiro atoms. The van der Waals surface area contributed by atoms with Gasteiger partial charge in [0.05, 0.1) is 18.6 Å². The third-order valence-corrected chi connectivity index (χ3v) is 1.98. The fraction of sp³-hybridized carbons (Fsp3) is 0.600. The van der Waals surface area contributed by atoms with E-state index in [-0.39, 0.29) is 11.9 Å². The number of imidazole rings is 1. The highest BCUT2D eigenvalue weighted by atomic mass is 16.5. The van der Waals surface area contributed by atoms with E-state index >= 15 is 0 Å². The number of hydrogen-bond acceptors (Lipinski definition) is 3. The van der Waals surface area contributed by atoms with E-state index in [1.54, 1.807) is 24.9 Å². The van der Waals surface area contributed by atoms with Crippen molar-refractivity contribution >= 4 is 5.97 Å². The summed E-state index contributed by atoms with van der Waals surface area (Å²) in [7, 11) is 1.80. The van der Waals surface area contributed by atoms with E-state index in [4.69, 9.17) is 4.74 Å². The van der Waals surface area contributed by atoms with Gasteiger partial charge in [0.15, 0.2) is 5.69 Å². The van der Waals surface area contributed by atoms with Crippen molar-refractivity contribution in [2.24, 2.45) is 7.05 Å². The largest absolute Gasteiger partial charge is 0.461 e. The van der Waals surface area contributed by atoms with Gasteiger partial charge in [0.2, 0.25) is 0 Å². The second-order valence-electron chi connectivity index (χ2n) is 3.46. The highest BCUT2D eigenvalue weighted by molar-refractivity contribution is 5.89. The van der Waals surface area contributed by atoms with E-state index in [0.717, 1.165) is 5.69 Å². The maximum absolute atomic E-state index is 11.6. The fourth-order valence-electron chi connectivity index (χ4n) is 1.32. The number of nitrogens with zero attached hydrogens (tertiary/aromatic N) is 2. The van der Waals surface area contributed by atoms with Crippen LogP contribution in [0, 0.1) is 0 Å². The number of hydrogen-bond donors (Lipinski definition) is 0. The summed E-state index contributed by atoms with van der Waals surface area (Å²) < 4.78 is 6.66. The summed E-state index contributed by atoms with van der Waals surface area (Å²) in [6.07, 6.45) is 1.64. The summed E-state index contributed by atoms with van der Waals surface area (Å²) in [6, 6.07) is 0. The molecule has 4 heteroatoms. The first-order valence-corrected chi connectivity index (χ1v) is 4.76. The molecule has 0 aromatic carbocycles. The Morgan fingerprint density at radius 1 is 1.64 bits per heavy atom. The van der Waals surface area contributed by atoms with Gasteiger partial charge in [0.1, 0.15) is 0 Å². The van der Waals surface area contributed by atoms with E-state index in [1.807, 2.05) is 13.8 Å². The van der Waals surface area contributed by atoms with Crippen molar-refractivity contribution < 1.29 is 9.53 Å². The molecule has 0 saturated carbocycles. The van der Waals surface area contributed by atoms with E-state index in [2.05, 4.69) is 4.98 Å². The van der Waals surface area contributed by atoms with Crippen LogP contribution in [-0.2, 0) is 11.8 Å². The summed E-state index contributed by atoms with van der Waals surface area (Å²) in [4.78, 5) is 15.7. The molecule has 1 rings (SSSR count). The Morgan fingerprint density at radius 2 is 2.29 bits per heavy atom. The van der Waals surface area contributed by atoms with Crippen LogP contribution in [-0.4, -0.2) is 22.1 Å². The van der Waals surface area contributed by atoms with Crippen LogP contribution in [0.15, 0.2) is 6.33 Å². The Labute approximate surface area is 83.9 Å². The Bertz CT molecular complexity index is 329. The molecule has 1 aromatic rings. The van der Waals surface area contributed by atoms with E-state index in [1.165, 1.54) is 0 Å². The lowest BCUT2D eigenvalue weighted by Gasteiger charge is -2.07. The molecule has 0 atom stereocenters.